The van der Waals surface area contributed by atoms with Crippen LogP contribution in [-0.4, -0.2) is 21.7 Å². The Morgan fingerprint density at radius 3 is 2.55 bits per heavy atom. The average Bonchev–Trinajstić information content (AvgIpc) is 3.00. The Hall–Kier alpha value is -2.62. The van der Waals surface area contributed by atoms with Crippen LogP contribution in [0.5, 0.6) is 5.75 Å². The Balaban J connectivity index is 1.98. The highest BCUT2D eigenvalue weighted by molar-refractivity contribution is 6.03. The van der Waals surface area contributed by atoms with Crippen molar-refractivity contribution < 1.29 is 9.90 Å². The van der Waals surface area contributed by atoms with Crippen molar-refractivity contribution in [2.75, 3.05) is 0 Å². The summed E-state index contributed by atoms with van der Waals surface area (Å²) in [6, 6.07) is 16.7. The van der Waals surface area contributed by atoms with Crippen molar-refractivity contribution in [2.24, 2.45) is 5.10 Å². The van der Waals surface area contributed by atoms with Crippen molar-refractivity contribution in [3.05, 3.63) is 65.7 Å². The molecule has 0 fully saturated rings. The number of carbonyl (C=O) groups is 1. The fourth-order valence-corrected chi connectivity index (χ4v) is 2.72. The molecule has 1 aliphatic heterocycles. The molecule has 0 saturated heterocycles. The monoisotopic (exact) mass is 294 g/mol. The van der Waals surface area contributed by atoms with Gasteiger partial charge >= 0.3 is 0 Å². The molecule has 0 bridgehead atoms. The van der Waals surface area contributed by atoms with Gasteiger partial charge in [0, 0.05) is 18.4 Å². The molecule has 0 spiro atoms. The molecule has 2 aromatic rings. The van der Waals surface area contributed by atoms with Gasteiger partial charge in [0.05, 0.1) is 11.8 Å². The summed E-state index contributed by atoms with van der Waals surface area (Å²) in [5, 5.41) is 16.1. The van der Waals surface area contributed by atoms with Gasteiger partial charge in [0.15, 0.2) is 0 Å². The second kappa shape index (κ2) is 6.02. The second-order valence-corrected chi connectivity index (χ2v) is 5.28. The largest absolute Gasteiger partial charge is 0.508 e. The van der Waals surface area contributed by atoms with Crippen molar-refractivity contribution in [1.82, 2.24) is 5.01 Å². The number of aromatic hydroxyl groups is 1. The molecule has 1 N–H and O–H groups in total. The van der Waals surface area contributed by atoms with Gasteiger partial charge in [-0.05, 0) is 11.6 Å². The lowest BCUT2D eigenvalue weighted by Gasteiger charge is -2.22. The van der Waals surface area contributed by atoms with Gasteiger partial charge in [-0.3, -0.25) is 4.79 Å². The first-order valence-corrected chi connectivity index (χ1v) is 7.43. The predicted molar refractivity (Wildman–Crippen MR) is 85.6 cm³/mol. The topological polar surface area (TPSA) is 52.9 Å². The molecular formula is C18H18N2O2. The Morgan fingerprint density at radius 1 is 1.18 bits per heavy atom. The maximum atomic E-state index is 12.2. The summed E-state index contributed by atoms with van der Waals surface area (Å²) < 4.78 is 0. The van der Waals surface area contributed by atoms with Crippen molar-refractivity contribution >= 4 is 11.6 Å². The van der Waals surface area contributed by atoms with E-state index < -0.39 is 0 Å². The lowest BCUT2D eigenvalue weighted by atomic mass is 9.97. The lowest BCUT2D eigenvalue weighted by Crippen LogP contribution is -2.26. The molecular weight excluding hydrogens is 276 g/mol. The number of para-hydroxylation sites is 1. The fraction of sp³-hybridized carbons (Fsp3) is 0.222. The number of benzene rings is 2. The molecule has 1 amide bonds. The van der Waals surface area contributed by atoms with Gasteiger partial charge in [0.2, 0.25) is 5.91 Å². The summed E-state index contributed by atoms with van der Waals surface area (Å²) >= 11 is 0. The minimum atomic E-state index is -0.246. The SMILES string of the molecule is CCC(=O)N1N=C(c2ccccc2)C[C@@H]1c1ccccc1O. The van der Waals surface area contributed by atoms with Gasteiger partial charge in [-0.2, -0.15) is 5.10 Å². The zero-order valence-electron chi connectivity index (χ0n) is 12.4. The first-order valence-electron chi connectivity index (χ1n) is 7.43. The second-order valence-electron chi connectivity index (χ2n) is 5.28. The molecule has 0 unspecified atom stereocenters. The van der Waals surface area contributed by atoms with E-state index in [1.165, 1.54) is 5.01 Å². The maximum Gasteiger partial charge on any atom is 0.242 e. The number of rotatable bonds is 3. The van der Waals surface area contributed by atoms with Gasteiger partial charge in [0.1, 0.15) is 5.75 Å². The Morgan fingerprint density at radius 2 is 1.86 bits per heavy atom. The highest BCUT2D eigenvalue weighted by Crippen LogP contribution is 2.37. The minimum Gasteiger partial charge on any atom is -0.508 e. The van der Waals surface area contributed by atoms with E-state index in [1.54, 1.807) is 12.1 Å². The number of hydrazone groups is 1. The third-order valence-electron chi connectivity index (χ3n) is 3.87. The van der Waals surface area contributed by atoms with E-state index in [0.717, 1.165) is 16.8 Å². The highest BCUT2D eigenvalue weighted by atomic mass is 16.3. The molecule has 0 aromatic heterocycles. The number of phenolic OH excluding ortho intramolecular Hbond substituents is 1. The van der Waals surface area contributed by atoms with Gasteiger partial charge in [0.25, 0.3) is 0 Å². The van der Waals surface area contributed by atoms with Crippen LogP contribution in [0.3, 0.4) is 0 Å². The van der Waals surface area contributed by atoms with Crippen LogP contribution < -0.4 is 0 Å². The third-order valence-corrected chi connectivity index (χ3v) is 3.87. The highest BCUT2D eigenvalue weighted by Gasteiger charge is 2.33. The van der Waals surface area contributed by atoms with Crippen molar-refractivity contribution in [2.45, 2.75) is 25.8 Å². The molecule has 1 heterocycles. The number of carbonyl (C=O) groups excluding carboxylic acids is 1. The van der Waals surface area contributed by atoms with Crippen molar-refractivity contribution in [3.63, 3.8) is 0 Å². The summed E-state index contributed by atoms with van der Waals surface area (Å²) in [5.74, 6) is 0.157. The molecule has 22 heavy (non-hydrogen) atoms. The normalized spacial score (nSPS) is 17.4. The first kappa shape index (κ1) is 14.3. The van der Waals surface area contributed by atoms with E-state index in [9.17, 15) is 9.90 Å². The predicted octanol–water partition coefficient (Wildman–Crippen LogP) is 3.48. The van der Waals surface area contributed by atoms with Gasteiger partial charge < -0.3 is 5.11 Å². The molecule has 4 nitrogen and oxygen atoms in total. The van der Waals surface area contributed by atoms with Gasteiger partial charge in [-0.25, -0.2) is 5.01 Å². The van der Waals surface area contributed by atoms with Crippen LogP contribution in [0.4, 0.5) is 0 Å². The molecule has 0 radical (unpaired) electrons. The van der Waals surface area contributed by atoms with E-state index in [2.05, 4.69) is 5.10 Å². The van der Waals surface area contributed by atoms with Crippen LogP contribution in [0.15, 0.2) is 59.7 Å². The van der Waals surface area contributed by atoms with Crippen LogP contribution in [0, 0.1) is 0 Å². The number of phenols is 1. The molecule has 112 valence electrons. The maximum absolute atomic E-state index is 12.2. The van der Waals surface area contributed by atoms with E-state index in [4.69, 9.17) is 0 Å². The summed E-state index contributed by atoms with van der Waals surface area (Å²) in [5.41, 5.74) is 2.61. The number of hydrogen-bond acceptors (Lipinski definition) is 3. The van der Waals surface area contributed by atoms with Crippen LogP contribution >= 0.6 is 0 Å². The van der Waals surface area contributed by atoms with E-state index in [1.807, 2.05) is 49.4 Å². The van der Waals surface area contributed by atoms with Gasteiger partial charge in [-0.1, -0.05) is 55.5 Å². The van der Waals surface area contributed by atoms with Crippen molar-refractivity contribution in [1.29, 1.82) is 0 Å². The van der Waals surface area contributed by atoms with E-state index in [0.29, 0.717) is 12.8 Å². The minimum absolute atomic E-state index is 0.0424. The molecule has 2 aromatic carbocycles. The van der Waals surface area contributed by atoms with Crippen LogP contribution in [0.1, 0.15) is 36.9 Å². The summed E-state index contributed by atoms with van der Waals surface area (Å²) in [4.78, 5) is 12.2. The average molecular weight is 294 g/mol. The number of amides is 1. The number of hydrogen-bond donors (Lipinski definition) is 1. The first-order chi connectivity index (χ1) is 10.7. The Labute approximate surface area is 129 Å². The van der Waals surface area contributed by atoms with E-state index in [-0.39, 0.29) is 17.7 Å². The van der Waals surface area contributed by atoms with Crippen LogP contribution in [0.25, 0.3) is 0 Å². The molecule has 4 heteroatoms. The Kier molecular flexibility index (Phi) is 3.92. The summed E-state index contributed by atoms with van der Waals surface area (Å²) in [6.07, 6.45) is 0.989. The van der Waals surface area contributed by atoms with Crippen LogP contribution in [0.2, 0.25) is 0 Å². The van der Waals surface area contributed by atoms with Crippen LogP contribution in [-0.2, 0) is 4.79 Å². The quantitative estimate of drug-likeness (QED) is 0.942. The van der Waals surface area contributed by atoms with E-state index >= 15 is 0 Å². The number of nitrogens with zero attached hydrogens (tertiary/aromatic N) is 2. The molecule has 1 aliphatic rings. The lowest BCUT2D eigenvalue weighted by molar-refractivity contribution is -0.132. The summed E-state index contributed by atoms with van der Waals surface area (Å²) in [6.45, 7) is 1.82. The zero-order valence-corrected chi connectivity index (χ0v) is 12.4. The fourth-order valence-electron chi connectivity index (χ4n) is 2.72. The molecule has 0 aliphatic carbocycles. The van der Waals surface area contributed by atoms with Gasteiger partial charge in [-0.15, -0.1) is 0 Å². The molecule has 0 saturated carbocycles. The standard InChI is InChI=1S/C18H18N2O2/c1-2-18(22)20-16(14-10-6-7-11-17(14)21)12-15(19-20)13-8-4-3-5-9-13/h3-11,16,21H,2,12H2,1H3/t16-/m1/s1. The third kappa shape index (κ3) is 2.60. The molecule has 1 atom stereocenters. The summed E-state index contributed by atoms with van der Waals surface area (Å²) in [7, 11) is 0. The smallest absolute Gasteiger partial charge is 0.242 e. The molecule has 3 rings (SSSR count). The zero-order chi connectivity index (χ0) is 15.5. The Bertz CT molecular complexity index is 710. The van der Waals surface area contributed by atoms with Crippen molar-refractivity contribution in [3.8, 4) is 5.75 Å².